The highest BCUT2D eigenvalue weighted by Crippen LogP contribution is 2.31. The van der Waals surface area contributed by atoms with Crippen molar-refractivity contribution in [2.45, 2.75) is 24.8 Å². The van der Waals surface area contributed by atoms with E-state index in [0.717, 1.165) is 29.3 Å². The number of aromatic nitrogens is 4. The molecule has 2 aliphatic rings. The maximum absolute atomic E-state index is 11.6. The van der Waals surface area contributed by atoms with Crippen molar-refractivity contribution in [2.24, 2.45) is 0 Å². The molecule has 5 rings (SSSR count). The first-order valence-corrected chi connectivity index (χ1v) is 9.44. The van der Waals surface area contributed by atoms with Gasteiger partial charge in [0.05, 0.1) is 38.1 Å². The maximum Gasteiger partial charge on any atom is 0.409 e. The van der Waals surface area contributed by atoms with E-state index >= 15 is 0 Å². The minimum atomic E-state index is -0.286. The van der Waals surface area contributed by atoms with Crippen LogP contribution < -0.4 is 0 Å². The quantitative estimate of drug-likeness (QED) is 0.686. The van der Waals surface area contributed by atoms with Gasteiger partial charge >= 0.3 is 6.09 Å². The van der Waals surface area contributed by atoms with Gasteiger partial charge in [-0.1, -0.05) is 6.07 Å². The van der Waals surface area contributed by atoms with Gasteiger partial charge in [-0.15, -0.1) is 10.2 Å². The molecule has 0 aliphatic carbocycles. The number of methoxy groups -OCH3 is 1. The van der Waals surface area contributed by atoms with Crippen LogP contribution in [0.25, 0.3) is 22.4 Å². The predicted octanol–water partition coefficient (Wildman–Crippen LogP) is 2.60. The molecule has 28 heavy (non-hydrogen) atoms. The molecule has 1 aromatic carbocycles. The van der Waals surface area contributed by atoms with E-state index in [-0.39, 0.29) is 18.1 Å². The third kappa shape index (κ3) is 2.91. The van der Waals surface area contributed by atoms with Crippen LogP contribution in [-0.2, 0) is 9.47 Å². The number of nitrogens with zero attached hydrogens (tertiary/aromatic N) is 5. The van der Waals surface area contributed by atoms with Crippen molar-refractivity contribution < 1.29 is 18.7 Å². The van der Waals surface area contributed by atoms with Crippen molar-refractivity contribution in [3.05, 3.63) is 30.3 Å². The van der Waals surface area contributed by atoms with Gasteiger partial charge in [0.25, 0.3) is 0 Å². The van der Waals surface area contributed by atoms with Gasteiger partial charge < -0.3 is 18.8 Å². The van der Waals surface area contributed by atoms with Gasteiger partial charge in [-0.2, -0.15) is 5.10 Å². The van der Waals surface area contributed by atoms with E-state index in [1.54, 1.807) is 4.90 Å². The molecular formula is C19H21N5O4. The molecule has 0 radical (unpaired) electrons. The SMILES string of the molecule is COC(=O)N1CCC(c2nnc(-c3ccc4cnn(C5COC5)c4c3)o2)CC1. The first-order valence-electron chi connectivity index (χ1n) is 9.44. The summed E-state index contributed by atoms with van der Waals surface area (Å²) in [6.07, 6.45) is 3.15. The molecule has 4 heterocycles. The lowest BCUT2D eigenvalue weighted by Gasteiger charge is -2.29. The van der Waals surface area contributed by atoms with Gasteiger partial charge in [0.15, 0.2) is 0 Å². The highest BCUT2D eigenvalue weighted by Gasteiger charge is 2.28. The smallest absolute Gasteiger partial charge is 0.409 e. The van der Waals surface area contributed by atoms with E-state index in [2.05, 4.69) is 15.3 Å². The molecule has 2 saturated heterocycles. The molecule has 1 amide bonds. The Labute approximate surface area is 161 Å². The van der Waals surface area contributed by atoms with E-state index < -0.39 is 0 Å². The third-order valence-corrected chi connectivity index (χ3v) is 5.53. The molecule has 2 aromatic heterocycles. The van der Waals surface area contributed by atoms with Crippen molar-refractivity contribution in [3.8, 4) is 11.5 Å². The fourth-order valence-electron chi connectivity index (χ4n) is 3.78. The van der Waals surface area contributed by atoms with Crippen LogP contribution in [0.5, 0.6) is 0 Å². The largest absolute Gasteiger partial charge is 0.453 e. The monoisotopic (exact) mass is 383 g/mol. The Balaban J connectivity index is 1.35. The first-order chi connectivity index (χ1) is 13.7. The van der Waals surface area contributed by atoms with Crippen LogP contribution >= 0.6 is 0 Å². The van der Waals surface area contributed by atoms with Crippen LogP contribution in [0.15, 0.2) is 28.8 Å². The van der Waals surface area contributed by atoms with Gasteiger partial charge in [0.1, 0.15) is 0 Å². The lowest BCUT2D eigenvalue weighted by Crippen LogP contribution is -2.37. The van der Waals surface area contributed by atoms with E-state index in [1.807, 2.05) is 29.1 Å². The fraction of sp³-hybridized carbons (Fsp3) is 0.474. The second kappa shape index (κ2) is 6.90. The zero-order valence-corrected chi connectivity index (χ0v) is 15.6. The molecule has 9 heteroatoms. The minimum absolute atomic E-state index is 0.156. The molecule has 2 aliphatic heterocycles. The number of fused-ring (bicyclic) bond motifs is 1. The van der Waals surface area contributed by atoms with Crippen LogP contribution in [0.1, 0.15) is 30.7 Å². The minimum Gasteiger partial charge on any atom is -0.453 e. The number of amides is 1. The zero-order chi connectivity index (χ0) is 19.1. The highest BCUT2D eigenvalue weighted by atomic mass is 16.5. The molecule has 3 aromatic rings. The van der Waals surface area contributed by atoms with Crippen LogP contribution in [-0.4, -0.2) is 64.4 Å². The van der Waals surface area contributed by atoms with Gasteiger partial charge in [-0.25, -0.2) is 4.79 Å². The van der Waals surface area contributed by atoms with Gasteiger partial charge in [-0.3, -0.25) is 4.68 Å². The number of piperidine rings is 1. The van der Waals surface area contributed by atoms with Crippen LogP contribution in [0, 0.1) is 0 Å². The van der Waals surface area contributed by atoms with Crippen LogP contribution in [0.3, 0.4) is 0 Å². The molecule has 9 nitrogen and oxygen atoms in total. The standard InChI is InChI=1S/C19H21N5O4/c1-26-19(25)23-6-4-12(5-7-23)17-21-22-18(28-17)13-2-3-14-9-20-24(16(14)8-13)15-10-27-11-15/h2-3,8-9,12,15H,4-7,10-11H2,1H3. The normalized spacial score (nSPS) is 18.4. The summed E-state index contributed by atoms with van der Waals surface area (Å²) >= 11 is 0. The van der Waals surface area contributed by atoms with Crippen molar-refractivity contribution in [1.29, 1.82) is 0 Å². The summed E-state index contributed by atoms with van der Waals surface area (Å²) in [5.41, 5.74) is 1.91. The van der Waals surface area contributed by atoms with Crippen molar-refractivity contribution in [3.63, 3.8) is 0 Å². The number of hydrogen-bond acceptors (Lipinski definition) is 7. The lowest BCUT2D eigenvalue weighted by atomic mass is 9.97. The zero-order valence-electron chi connectivity index (χ0n) is 15.6. The fourth-order valence-corrected chi connectivity index (χ4v) is 3.78. The second-order valence-corrected chi connectivity index (χ2v) is 7.23. The van der Waals surface area contributed by atoms with Crippen molar-refractivity contribution >= 4 is 17.0 Å². The van der Waals surface area contributed by atoms with E-state index in [0.29, 0.717) is 38.1 Å². The number of benzene rings is 1. The Morgan fingerprint density at radius 1 is 1.21 bits per heavy atom. The number of ether oxygens (including phenoxy) is 2. The summed E-state index contributed by atoms with van der Waals surface area (Å²) in [4.78, 5) is 13.3. The Morgan fingerprint density at radius 3 is 2.75 bits per heavy atom. The van der Waals surface area contributed by atoms with E-state index in [9.17, 15) is 4.79 Å². The molecule has 0 spiro atoms. The summed E-state index contributed by atoms with van der Waals surface area (Å²) in [5, 5.41) is 14.1. The Hall–Kier alpha value is -2.94. The van der Waals surface area contributed by atoms with Gasteiger partial charge in [-0.05, 0) is 25.0 Å². The number of likely N-dealkylation sites (tertiary alicyclic amines) is 1. The molecule has 0 saturated carbocycles. The summed E-state index contributed by atoms with van der Waals surface area (Å²) in [7, 11) is 1.40. The average molecular weight is 383 g/mol. The Kier molecular flexibility index (Phi) is 4.23. The van der Waals surface area contributed by atoms with Crippen molar-refractivity contribution in [1.82, 2.24) is 24.9 Å². The predicted molar refractivity (Wildman–Crippen MR) is 98.8 cm³/mol. The second-order valence-electron chi connectivity index (χ2n) is 7.23. The van der Waals surface area contributed by atoms with Gasteiger partial charge in [0.2, 0.25) is 11.8 Å². The van der Waals surface area contributed by atoms with Crippen LogP contribution in [0.2, 0.25) is 0 Å². The molecule has 0 unspecified atom stereocenters. The van der Waals surface area contributed by atoms with E-state index in [1.165, 1.54) is 7.11 Å². The molecule has 146 valence electrons. The number of carbonyl (C=O) groups excluding carboxylic acids is 1. The van der Waals surface area contributed by atoms with Crippen LogP contribution in [0.4, 0.5) is 4.79 Å². The lowest BCUT2D eigenvalue weighted by molar-refractivity contribution is -0.0266. The third-order valence-electron chi connectivity index (χ3n) is 5.53. The van der Waals surface area contributed by atoms with Crippen molar-refractivity contribution in [2.75, 3.05) is 33.4 Å². The number of rotatable bonds is 3. The number of hydrogen-bond donors (Lipinski definition) is 0. The summed E-state index contributed by atoms with van der Waals surface area (Å²) in [6.45, 7) is 2.64. The molecule has 2 fully saturated rings. The average Bonchev–Trinajstić information content (AvgIpc) is 3.34. The molecule has 0 N–H and O–H groups in total. The number of carbonyl (C=O) groups is 1. The summed E-state index contributed by atoms with van der Waals surface area (Å²) < 4.78 is 18.1. The molecular weight excluding hydrogens is 362 g/mol. The van der Waals surface area contributed by atoms with E-state index in [4.69, 9.17) is 13.9 Å². The summed E-state index contributed by atoms with van der Waals surface area (Å²) in [5.74, 6) is 1.29. The Bertz CT molecular complexity index is 1000. The maximum atomic E-state index is 11.6. The Morgan fingerprint density at radius 2 is 2.04 bits per heavy atom. The first kappa shape index (κ1) is 17.2. The molecule has 0 atom stereocenters. The molecule has 0 bridgehead atoms. The summed E-state index contributed by atoms with van der Waals surface area (Å²) in [6, 6.07) is 6.32. The highest BCUT2D eigenvalue weighted by molar-refractivity contribution is 5.83. The topological polar surface area (TPSA) is 95.5 Å². The van der Waals surface area contributed by atoms with Gasteiger partial charge in [0, 0.05) is 30.0 Å².